The Labute approximate surface area is 173 Å². The molecular formula is C21H23IN2O3. The predicted octanol–water partition coefficient (Wildman–Crippen LogP) is 4.17. The van der Waals surface area contributed by atoms with Gasteiger partial charge in [0.05, 0.1) is 23.3 Å². The van der Waals surface area contributed by atoms with Crippen LogP contribution in [0.2, 0.25) is 0 Å². The first-order chi connectivity index (χ1) is 12.9. The van der Waals surface area contributed by atoms with Crippen LogP contribution in [0.1, 0.15) is 22.3 Å². The van der Waals surface area contributed by atoms with Crippen molar-refractivity contribution < 1.29 is 14.3 Å². The maximum atomic E-state index is 12.1. The maximum Gasteiger partial charge on any atom is 0.244 e. The summed E-state index contributed by atoms with van der Waals surface area (Å²) in [6, 6.07) is 9.75. The lowest BCUT2D eigenvalue weighted by Crippen LogP contribution is -2.20. The Kier molecular flexibility index (Phi) is 7.84. The lowest BCUT2D eigenvalue weighted by Gasteiger charge is -2.12. The van der Waals surface area contributed by atoms with Crippen molar-refractivity contribution in [2.45, 2.75) is 20.3 Å². The summed E-state index contributed by atoms with van der Waals surface area (Å²) in [4.78, 5) is 12.1. The highest BCUT2D eigenvalue weighted by atomic mass is 127. The van der Waals surface area contributed by atoms with Crippen LogP contribution in [0.3, 0.4) is 0 Å². The second kappa shape index (κ2) is 10.1. The van der Waals surface area contributed by atoms with E-state index in [4.69, 9.17) is 9.47 Å². The minimum absolute atomic E-state index is 0.161. The highest BCUT2D eigenvalue weighted by molar-refractivity contribution is 14.1. The van der Waals surface area contributed by atoms with Gasteiger partial charge in [-0.25, -0.2) is 5.43 Å². The van der Waals surface area contributed by atoms with Crippen molar-refractivity contribution in [3.8, 4) is 11.5 Å². The summed E-state index contributed by atoms with van der Waals surface area (Å²) in [5, 5.41) is 4.05. The van der Waals surface area contributed by atoms with E-state index < -0.39 is 0 Å². The number of carbonyl (C=O) groups is 1. The van der Waals surface area contributed by atoms with Crippen LogP contribution in [0.15, 0.2) is 48.1 Å². The molecule has 0 saturated heterocycles. The van der Waals surface area contributed by atoms with Crippen LogP contribution in [0.5, 0.6) is 11.5 Å². The molecule has 0 bridgehead atoms. The second-order valence-corrected chi connectivity index (χ2v) is 7.20. The van der Waals surface area contributed by atoms with Crippen LogP contribution in [-0.2, 0) is 11.2 Å². The Bertz CT molecular complexity index is 863. The number of benzene rings is 2. The molecule has 0 saturated carbocycles. The second-order valence-electron chi connectivity index (χ2n) is 6.03. The third kappa shape index (κ3) is 6.09. The van der Waals surface area contributed by atoms with Gasteiger partial charge in [0.2, 0.25) is 5.91 Å². The molecular weight excluding hydrogens is 455 g/mol. The molecule has 0 radical (unpaired) electrons. The van der Waals surface area contributed by atoms with Gasteiger partial charge in [0.15, 0.2) is 11.5 Å². The van der Waals surface area contributed by atoms with Gasteiger partial charge in [0.25, 0.3) is 0 Å². The van der Waals surface area contributed by atoms with Crippen LogP contribution in [0, 0.1) is 17.4 Å². The molecule has 0 heterocycles. The number of methoxy groups -OCH3 is 1. The minimum atomic E-state index is -0.161. The van der Waals surface area contributed by atoms with Crippen molar-refractivity contribution in [2.75, 3.05) is 13.7 Å². The highest BCUT2D eigenvalue weighted by Crippen LogP contribution is 2.33. The Hall–Kier alpha value is -2.35. The average Bonchev–Trinajstić information content (AvgIpc) is 2.63. The zero-order valence-corrected chi connectivity index (χ0v) is 17.9. The molecule has 2 aromatic rings. The first-order valence-corrected chi connectivity index (χ1v) is 9.51. The number of halogens is 1. The fourth-order valence-electron chi connectivity index (χ4n) is 2.53. The molecule has 1 amide bonds. The third-order valence-corrected chi connectivity index (χ3v) is 4.65. The fourth-order valence-corrected chi connectivity index (χ4v) is 3.31. The smallest absolute Gasteiger partial charge is 0.244 e. The molecule has 0 aromatic heterocycles. The van der Waals surface area contributed by atoms with E-state index in [2.05, 4.69) is 45.8 Å². The van der Waals surface area contributed by atoms with Crippen molar-refractivity contribution in [3.63, 3.8) is 0 Å². The van der Waals surface area contributed by atoms with E-state index in [-0.39, 0.29) is 5.91 Å². The molecule has 5 nitrogen and oxygen atoms in total. The third-order valence-electron chi connectivity index (χ3n) is 3.85. The van der Waals surface area contributed by atoms with Gasteiger partial charge in [-0.3, -0.25) is 4.79 Å². The van der Waals surface area contributed by atoms with E-state index in [1.54, 1.807) is 25.5 Å². The minimum Gasteiger partial charge on any atom is -0.493 e. The van der Waals surface area contributed by atoms with E-state index >= 15 is 0 Å². The van der Waals surface area contributed by atoms with E-state index in [0.717, 1.165) is 20.3 Å². The number of aryl methyl sites for hydroxylation is 2. The van der Waals surface area contributed by atoms with E-state index in [0.29, 0.717) is 24.5 Å². The summed E-state index contributed by atoms with van der Waals surface area (Å²) in [6.07, 6.45) is 3.55. The quantitative estimate of drug-likeness (QED) is 0.268. The molecule has 1 N–H and O–H groups in total. The van der Waals surface area contributed by atoms with Crippen molar-refractivity contribution >= 4 is 34.7 Å². The summed E-state index contributed by atoms with van der Waals surface area (Å²) >= 11 is 2.17. The number of nitrogens with zero attached hydrogens (tertiary/aromatic N) is 1. The van der Waals surface area contributed by atoms with Gasteiger partial charge < -0.3 is 9.47 Å². The van der Waals surface area contributed by atoms with Gasteiger partial charge in [0.1, 0.15) is 6.61 Å². The summed E-state index contributed by atoms with van der Waals surface area (Å²) in [7, 11) is 1.58. The number of carbonyl (C=O) groups excluding carboxylic acids is 1. The molecule has 0 fully saturated rings. The molecule has 2 rings (SSSR count). The van der Waals surface area contributed by atoms with Crippen LogP contribution < -0.4 is 14.9 Å². The molecule has 142 valence electrons. The molecule has 0 spiro atoms. The number of nitrogens with one attached hydrogen (secondary N) is 1. The lowest BCUT2D eigenvalue weighted by atomic mass is 10.0. The first kappa shape index (κ1) is 21.0. The van der Waals surface area contributed by atoms with Crippen LogP contribution in [0.4, 0.5) is 0 Å². The zero-order valence-electron chi connectivity index (χ0n) is 15.7. The molecule has 2 aromatic carbocycles. The topological polar surface area (TPSA) is 59.9 Å². The fraction of sp³-hybridized carbons (Fsp3) is 0.238. The summed E-state index contributed by atoms with van der Waals surface area (Å²) in [5.74, 6) is 1.10. The predicted molar refractivity (Wildman–Crippen MR) is 117 cm³/mol. The molecule has 0 unspecified atom stereocenters. The van der Waals surface area contributed by atoms with Crippen LogP contribution in [0.25, 0.3) is 0 Å². The monoisotopic (exact) mass is 478 g/mol. The molecule has 27 heavy (non-hydrogen) atoms. The zero-order chi connectivity index (χ0) is 19.8. The van der Waals surface area contributed by atoms with Gasteiger partial charge in [-0.1, -0.05) is 36.4 Å². The van der Waals surface area contributed by atoms with Crippen LogP contribution in [-0.4, -0.2) is 25.8 Å². The number of amides is 1. The maximum absolute atomic E-state index is 12.1. The number of hydrogen-bond acceptors (Lipinski definition) is 4. The van der Waals surface area contributed by atoms with Crippen molar-refractivity contribution in [2.24, 2.45) is 5.10 Å². The Morgan fingerprint density at radius 1 is 1.30 bits per heavy atom. The molecule has 0 aliphatic carbocycles. The molecule has 6 heteroatoms. The highest BCUT2D eigenvalue weighted by Gasteiger charge is 2.11. The summed E-state index contributed by atoms with van der Waals surface area (Å²) in [5.41, 5.74) is 6.64. The van der Waals surface area contributed by atoms with Crippen molar-refractivity contribution in [1.82, 2.24) is 5.43 Å². The van der Waals surface area contributed by atoms with Gasteiger partial charge >= 0.3 is 0 Å². The summed E-state index contributed by atoms with van der Waals surface area (Å²) < 4.78 is 11.9. The number of rotatable bonds is 8. The standard InChI is InChI=1S/C21H23IN2O3/c1-5-8-27-21-18(22)10-16(11-19(21)26-4)13-23-24-20(25)12-17-7-6-14(2)9-15(17)3/h5-7,9-11,13H,1,8,12H2,2-4H3,(H,24,25)/b23-13-. The number of ether oxygens (including phenoxy) is 2. The van der Waals surface area contributed by atoms with Gasteiger partial charge in [-0.05, 0) is 65.3 Å². The Morgan fingerprint density at radius 3 is 2.74 bits per heavy atom. The number of hydrogen-bond donors (Lipinski definition) is 1. The van der Waals surface area contributed by atoms with E-state index in [1.165, 1.54) is 5.56 Å². The Morgan fingerprint density at radius 2 is 2.07 bits per heavy atom. The molecule has 0 atom stereocenters. The summed E-state index contributed by atoms with van der Waals surface area (Å²) in [6.45, 7) is 8.08. The first-order valence-electron chi connectivity index (χ1n) is 8.44. The lowest BCUT2D eigenvalue weighted by molar-refractivity contribution is -0.120. The molecule has 0 aliphatic heterocycles. The van der Waals surface area contributed by atoms with Gasteiger partial charge in [-0.2, -0.15) is 5.10 Å². The average molecular weight is 478 g/mol. The largest absolute Gasteiger partial charge is 0.493 e. The van der Waals surface area contributed by atoms with E-state index in [1.807, 2.05) is 32.0 Å². The van der Waals surface area contributed by atoms with E-state index in [9.17, 15) is 4.79 Å². The van der Waals surface area contributed by atoms with Crippen molar-refractivity contribution in [3.05, 3.63) is 68.8 Å². The van der Waals surface area contributed by atoms with Crippen molar-refractivity contribution in [1.29, 1.82) is 0 Å². The normalized spacial score (nSPS) is 10.7. The Balaban J connectivity index is 2.03. The SMILES string of the molecule is C=CCOc1c(I)cc(/C=N\NC(=O)Cc2ccc(C)cc2C)cc1OC. The van der Waals surface area contributed by atoms with Gasteiger partial charge in [0, 0.05) is 0 Å². The van der Waals surface area contributed by atoms with Gasteiger partial charge in [-0.15, -0.1) is 0 Å². The number of hydrazone groups is 1. The van der Waals surface area contributed by atoms with Crippen LogP contribution >= 0.6 is 22.6 Å². The molecule has 0 aliphatic rings.